The first-order chi connectivity index (χ1) is 8.33. The molecule has 1 unspecified atom stereocenters. The van der Waals surface area contributed by atoms with Crippen LogP contribution in [0.15, 0.2) is 23.1 Å². The summed E-state index contributed by atoms with van der Waals surface area (Å²) in [5, 5.41) is -0.174. The molecule has 0 aliphatic carbocycles. The molecule has 0 amide bonds. The summed E-state index contributed by atoms with van der Waals surface area (Å²) in [6, 6.07) is 3.53. The zero-order valence-electron chi connectivity index (χ0n) is 10.2. The van der Waals surface area contributed by atoms with Crippen LogP contribution < -0.4 is 5.73 Å². The van der Waals surface area contributed by atoms with Crippen LogP contribution in [0, 0.1) is 5.82 Å². The molecule has 0 saturated carbocycles. The predicted molar refractivity (Wildman–Crippen MR) is 71.0 cm³/mol. The molecule has 18 heavy (non-hydrogen) atoms. The summed E-state index contributed by atoms with van der Waals surface area (Å²) in [6.45, 7) is 1.88. The molecule has 0 fully saturated rings. The van der Waals surface area contributed by atoms with E-state index in [1.54, 1.807) is 0 Å². The maximum Gasteiger partial charge on any atom is 0.178 e. The van der Waals surface area contributed by atoms with Crippen molar-refractivity contribution in [2.75, 3.05) is 5.75 Å². The van der Waals surface area contributed by atoms with Crippen LogP contribution >= 0.6 is 11.6 Å². The van der Waals surface area contributed by atoms with Crippen molar-refractivity contribution in [3.05, 3.63) is 29.0 Å². The molecular weight excluding hydrogens is 277 g/mol. The standard InChI is InChI=1S/C12H17ClFNO2S/c1-9(15)4-2-3-7-18(16,17)10-5-6-12(14)11(13)8-10/h5-6,8-9H,2-4,7,15H2,1H3. The lowest BCUT2D eigenvalue weighted by Crippen LogP contribution is -2.15. The zero-order chi connectivity index (χ0) is 13.8. The third-order valence-corrected chi connectivity index (χ3v) is 4.66. The lowest BCUT2D eigenvalue weighted by Gasteiger charge is -2.07. The van der Waals surface area contributed by atoms with Gasteiger partial charge in [0, 0.05) is 6.04 Å². The normalized spacial score (nSPS) is 13.6. The Morgan fingerprint density at radius 3 is 2.61 bits per heavy atom. The third kappa shape index (κ3) is 4.55. The first-order valence-electron chi connectivity index (χ1n) is 5.76. The van der Waals surface area contributed by atoms with Crippen molar-refractivity contribution in [2.24, 2.45) is 5.73 Å². The molecule has 102 valence electrons. The number of benzene rings is 1. The van der Waals surface area contributed by atoms with Gasteiger partial charge in [-0.2, -0.15) is 0 Å². The van der Waals surface area contributed by atoms with Crippen molar-refractivity contribution >= 4 is 21.4 Å². The van der Waals surface area contributed by atoms with Gasteiger partial charge in [0.05, 0.1) is 15.7 Å². The summed E-state index contributed by atoms with van der Waals surface area (Å²) in [5.41, 5.74) is 5.58. The summed E-state index contributed by atoms with van der Waals surface area (Å²) in [4.78, 5) is 0.0645. The molecule has 1 aromatic carbocycles. The predicted octanol–water partition coefficient (Wildman–Crippen LogP) is 2.77. The van der Waals surface area contributed by atoms with Crippen LogP contribution in [0.2, 0.25) is 5.02 Å². The second-order valence-electron chi connectivity index (χ2n) is 4.37. The Labute approximate surface area is 112 Å². The number of rotatable bonds is 6. The average molecular weight is 294 g/mol. The molecule has 3 nitrogen and oxygen atoms in total. The second-order valence-corrected chi connectivity index (χ2v) is 6.88. The van der Waals surface area contributed by atoms with E-state index < -0.39 is 15.7 Å². The van der Waals surface area contributed by atoms with Crippen LogP contribution in [0.25, 0.3) is 0 Å². The third-order valence-electron chi connectivity index (χ3n) is 2.57. The quantitative estimate of drug-likeness (QED) is 0.648. The highest BCUT2D eigenvalue weighted by molar-refractivity contribution is 7.91. The Morgan fingerprint density at radius 1 is 1.39 bits per heavy atom. The van der Waals surface area contributed by atoms with E-state index in [-0.39, 0.29) is 21.7 Å². The van der Waals surface area contributed by atoms with Crippen LogP contribution in [-0.4, -0.2) is 20.2 Å². The molecule has 1 atom stereocenters. The topological polar surface area (TPSA) is 60.2 Å². The van der Waals surface area contributed by atoms with Crippen molar-refractivity contribution in [1.82, 2.24) is 0 Å². The molecule has 0 saturated heterocycles. The lowest BCUT2D eigenvalue weighted by molar-refractivity contribution is 0.579. The highest BCUT2D eigenvalue weighted by Gasteiger charge is 2.15. The van der Waals surface area contributed by atoms with Gasteiger partial charge >= 0.3 is 0 Å². The summed E-state index contributed by atoms with van der Waals surface area (Å²) in [7, 11) is -3.39. The van der Waals surface area contributed by atoms with Gasteiger partial charge in [-0.05, 0) is 38.0 Å². The number of nitrogens with two attached hydrogens (primary N) is 1. The van der Waals surface area contributed by atoms with Gasteiger partial charge in [0.2, 0.25) is 0 Å². The van der Waals surface area contributed by atoms with E-state index in [0.717, 1.165) is 25.0 Å². The fourth-order valence-corrected chi connectivity index (χ4v) is 3.18. The minimum Gasteiger partial charge on any atom is -0.328 e. The number of hydrogen-bond donors (Lipinski definition) is 1. The number of unbranched alkanes of at least 4 members (excludes halogenated alkanes) is 1. The monoisotopic (exact) mass is 293 g/mol. The summed E-state index contributed by atoms with van der Waals surface area (Å²) in [6.07, 6.45) is 2.09. The van der Waals surface area contributed by atoms with Crippen LogP contribution in [-0.2, 0) is 9.84 Å². The van der Waals surface area contributed by atoms with E-state index in [9.17, 15) is 12.8 Å². The van der Waals surface area contributed by atoms with E-state index in [2.05, 4.69) is 0 Å². The van der Waals surface area contributed by atoms with Crippen molar-refractivity contribution < 1.29 is 12.8 Å². The fraction of sp³-hybridized carbons (Fsp3) is 0.500. The Kier molecular flexibility index (Phi) is 5.56. The van der Waals surface area contributed by atoms with E-state index >= 15 is 0 Å². The number of sulfone groups is 1. The van der Waals surface area contributed by atoms with Gasteiger partial charge in [-0.15, -0.1) is 0 Å². The molecule has 2 N–H and O–H groups in total. The molecule has 6 heteroatoms. The summed E-state index contributed by atoms with van der Waals surface area (Å²) < 4.78 is 36.8. The Bertz CT molecular complexity index is 503. The van der Waals surface area contributed by atoms with E-state index in [1.165, 1.54) is 6.07 Å². The molecule has 1 rings (SSSR count). The molecule has 0 heterocycles. The summed E-state index contributed by atoms with van der Waals surface area (Å²) in [5.74, 6) is -0.589. The first kappa shape index (κ1) is 15.4. The van der Waals surface area contributed by atoms with Crippen LogP contribution in [0.3, 0.4) is 0 Å². The molecular formula is C12H17ClFNO2S. The molecule has 0 radical (unpaired) electrons. The molecule has 0 spiro atoms. The largest absolute Gasteiger partial charge is 0.328 e. The van der Waals surface area contributed by atoms with Gasteiger partial charge < -0.3 is 5.73 Å². The van der Waals surface area contributed by atoms with Gasteiger partial charge in [-0.1, -0.05) is 18.0 Å². The molecule has 1 aromatic rings. The van der Waals surface area contributed by atoms with E-state index in [4.69, 9.17) is 17.3 Å². The maximum atomic E-state index is 12.9. The molecule has 0 aliphatic heterocycles. The lowest BCUT2D eigenvalue weighted by atomic mass is 10.2. The Morgan fingerprint density at radius 2 is 2.06 bits per heavy atom. The highest BCUT2D eigenvalue weighted by atomic mass is 35.5. The van der Waals surface area contributed by atoms with Crippen molar-refractivity contribution in [1.29, 1.82) is 0 Å². The van der Waals surface area contributed by atoms with E-state index in [0.29, 0.717) is 6.42 Å². The molecule has 0 aromatic heterocycles. The van der Waals surface area contributed by atoms with Gasteiger partial charge in [0.15, 0.2) is 9.84 Å². The molecule has 0 aliphatic rings. The average Bonchev–Trinajstić information content (AvgIpc) is 2.28. The second kappa shape index (κ2) is 6.50. The SMILES string of the molecule is CC(N)CCCCS(=O)(=O)c1ccc(F)c(Cl)c1. The number of halogens is 2. The van der Waals surface area contributed by atoms with Crippen LogP contribution in [0.1, 0.15) is 26.2 Å². The van der Waals surface area contributed by atoms with E-state index in [1.807, 2.05) is 6.92 Å². The summed E-state index contributed by atoms with van der Waals surface area (Å²) >= 11 is 5.57. The van der Waals surface area contributed by atoms with Gasteiger partial charge in [-0.25, -0.2) is 12.8 Å². The van der Waals surface area contributed by atoms with Crippen molar-refractivity contribution in [3.8, 4) is 0 Å². The Hall–Kier alpha value is -0.650. The Balaban J connectivity index is 2.66. The fourth-order valence-electron chi connectivity index (χ4n) is 1.55. The van der Waals surface area contributed by atoms with Gasteiger partial charge in [0.1, 0.15) is 5.82 Å². The smallest absolute Gasteiger partial charge is 0.178 e. The van der Waals surface area contributed by atoms with Crippen molar-refractivity contribution in [2.45, 2.75) is 37.1 Å². The van der Waals surface area contributed by atoms with Crippen molar-refractivity contribution in [3.63, 3.8) is 0 Å². The highest BCUT2D eigenvalue weighted by Crippen LogP contribution is 2.21. The number of hydrogen-bond acceptors (Lipinski definition) is 3. The maximum absolute atomic E-state index is 12.9. The van der Waals surface area contributed by atoms with Gasteiger partial charge in [0.25, 0.3) is 0 Å². The zero-order valence-corrected chi connectivity index (χ0v) is 11.8. The molecule has 0 bridgehead atoms. The van der Waals surface area contributed by atoms with Gasteiger partial charge in [-0.3, -0.25) is 0 Å². The first-order valence-corrected chi connectivity index (χ1v) is 7.79. The minimum absolute atomic E-state index is 0.0294. The van der Waals surface area contributed by atoms with Crippen LogP contribution in [0.5, 0.6) is 0 Å². The van der Waals surface area contributed by atoms with Crippen LogP contribution in [0.4, 0.5) is 4.39 Å². The minimum atomic E-state index is -3.39.